The average molecular weight is 424 g/mol. The van der Waals surface area contributed by atoms with Gasteiger partial charge in [-0.15, -0.1) is 0 Å². The van der Waals surface area contributed by atoms with Crippen LogP contribution in [0, 0.1) is 23.7 Å². The zero-order chi connectivity index (χ0) is 22.6. The Balaban J connectivity index is 4.66. The van der Waals surface area contributed by atoms with E-state index in [1.807, 2.05) is 0 Å². The highest BCUT2D eigenvalue weighted by atomic mass is 15.1. The highest BCUT2D eigenvalue weighted by molar-refractivity contribution is 4.70. The second-order valence-electron chi connectivity index (χ2n) is 10.9. The first-order chi connectivity index (χ1) is 14.5. The largest absolute Gasteiger partial charge is 0.303 e. The molecule has 30 heavy (non-hydrogen) atoms. The van der Waals surface area contributed by atoms with Crippen molar-refractivity contribution >= 4 is 0 Å². The predicted molar refractivity (Wildman–Crippen MR) is 139 cm³/mol. The Morgan fingerprint density at radius 2 is 1.20 bits per heavy atom. The van der Waals surface area contributed by atoms with Crippen LogP contribution in [0.15, 0.2) is 0 Å². The Hall–Kier alpha value is -0.0400. The van der Waals surface area contributed by atoms with Gasteiger partial charge in [0.1, 0.15) is 0 Å². The highest BCUT2D eigenvalue weighted by Crippen LogP contribution is 2.22. The summed E-state index contributed by atoms with van der Waals surface area (Å²) in [5.74, 6) is 3.62. The number of rotatable bonds is 22. The van der Waals surface area contributed by atoms with Crippen molar-refractivity contribution in [3.63, 3.8) is 0 Å². The summed E-state index contributed by atoms with van der Waals surface area (Å²) in [4.78, 5) is 2.88. The second kappa shape index (κ2) is 20.8. The van der Waals surface area contributed by atoms with Crippen LogP contribution >= 0.6 is 0 Å². The van der Waals surface area contributed by atoms with E-state index in [4.69, 9.17) is 0 Å². The first-order valence-electron chi connectivity index (χ1n) is 14.2. The quantitative estimate of drug-likeness (QED) is 0.157. The number of hydrogen-bond acceptors (Lipinski definition) is 1. The van der Waals surface area contributed by atoms with Gasteiger partial charge in [0.05, 0.1) is 0 Å². The van der Waals surface area contributed by atoms with Crippen molar-refractivity contribution in [2.45, 2.75) is 145 Å². The van der Waals surface area contributed by atoms with Crippen LogP contribution in [-0.2, 0) is 0 Å². The van der Waals surface area contributed by atoms with Gasteiger partial charge >= 0.3 is 0 Å². The van der Waals surface area contributed by atoms with Gasteiger partial charge in [0.2, 0.25) is 0 Å². The van der Waals surface area contributed by atoms with Gasteiger partial charge in [-0.3, -0.25) is 0 Å². The molecule has 3 atom stereocenters. The Morgan fingerprint density at radius 3 is 1.80 bits per heavy atom. The molecular weight excluding hydrogens is 362 g/mol. The van der Waals surface area contributed by atoms with E-state index in [2.05, 4.69) is 53.4 Å². The van der Waals surface area contributed by atoms with Crippen LogP contribution in [-0.4, -0.2) is 24.5 Å². The van der Waals surface area contributed by atoms with Crippen LogP contribution in [0.1, 0.15) is 145 Å². The van der Waals surface area contributed by atoms with Gasteiger partial charge < -0.3 is 4.90 Å². The van der Waals surface area contributed by atoms with E-state index in [1.165, 1.54) is 116 Å². The monoisotopic (exact) mass is 423 g/mol. The summed E-state index contributed by atoms with van der Waals surface area (Å²) < 4.78 is 0. The fourth-order valence-electron chi connectivity index (χ4n) is 4.89. The molecule has 0 fully saturated rings. The van der Waals surface area contributed by atoms with Crippen molar-refractivity contribution in [2.75, 3.05) is 19.6 Å². The van der Waals surface area contributed by atoms with Crippen molar-refractivity contribution in [1.29, 1.82) is 0 Å². The molecule has 0 spiro atoms. The topological polar surface area (TPSA) is 3.24 Å². The molecule has 0 radical (unpaired) electrons. The third-order valence-electron chi connectivity index (χ3n) is 7.24. The van der Waals surface area contributed by atoms with Gasteiger partial charge in [0, 0.05) is 6.54 Å². The van der Waals surface area contributed by atoms with E-state index < -0.39 is 0 Å². The van der Waals surface area contributed by atoms with E-state index >= 15 is 0 Å². The highest BCUT2D eigenvalue weighted by Gasteiger charge is 2.16. The zero-order valence-corrected chi connectivity index (χ0v) is 22.5. The fourth-order valence-corrected chi connectivity index (χ4v) is 4.89. The Kier molecular flexibility index (Phi) is 20.8. The van der Waals surface area contributed by atoms with Crippen LogP contribution in [0.5, 0.6) is 0 Å². The molecule has 1 nitrogen and oxygen atoms in total. The Morgan fingerprint density at radius 1 is 0.533 bits per heavy atom. The van der Waals surface area contributed by atoms with E-state index in [1.54, 1.807) is 0 Å². The minimum Gasteiger partial charge on any atom is -0.303 e. The Bertz CT molecular complexity index is 337. The van der Waals surface area contributed by atoms with Crippen molar-refractivity contribution in [3.8, 4) is 0 Å². The van der Waals surface area contributed by atoms with Gasteiger partial charge in [-0.05, 0) is 56.0 Å². The van der Waals surface area contributed by atoms with Crippen molar-refractivity contribution in [2.24, 2.45) is 23.7 Å². The molecule has 0 aliphatic rings. The third kappa shape index (κ3) is 17.6. The maximum absolute atomic E-state index is 2.88. The maximum atomic E-state index is 2.88. The molecule has 0 amide bonds. The molecule has 0 saturated heterocycles. The van der Waals surface area contributed by atoms with Gasteiger partial charge in [0.25, 0.3) is 0 Å². The lowest BCUT2D eigenvalue weighted by Crippen LogP contribution is -2.33. The molecule has 0 aliphatic heterocycles. The van der Waals surface area contributed by atoms with Crippen LogP contribution in [0.25, 0.3) is 0 Å². The minimum absolute atomic E-state index is 0.862. The lowest BCUT2D eigenvalue weighted by molar-refractivity contribution is 0.188. The summed E-state index contributed by atoms with van der Waals surface area (Å²) in [7, 11) is 0. The Labute approximate surface area is 193 Å². The molecule has 182 valence electrons. The van der Waals surface area contributed by atoms with Gasteiger partial charge in [-0.25, -0.2) is 0 Å². The van der Waals surface area contributed by atoms with Crippen LogP contribution in [0.2, 0.25) is 0 Å². The summed E-state index contributed by atoms with van der Waals surface area (Å²) in [6, 6.07) is 0. The SMILES string of the molecule is CCCCCC(CCC)CCN(CCC(C)CCCC(C)C)CC(CC)CCCC. The molecular formula is C29H61N. The number of hydrogen-bond donors (Lipinski definition) is 0. The van der Waals surface area contributed by atoms with E-state index in [0.29, 0.717) is 0 Å². The van der Waals surface area contributed by atoms with Crippen LogP contribution in [0.3, 0.4) is 0 Å². The molecule has 0 rings (SSSR count). The zero-order valence-electron chi connectivity index (χ0n) is 22.5. The molecule has 0 aromatic heterocycles. The first-order valence-corrected chi connectivity index (χ1v) is 14.2. The predicted octanol–water partition coefficient (Wildman–Crippen LogP) is 9.74. The van der Waals surface area contributed by atoms with E-state index in [0.717, 1.165) is 23.7 Å². The summed E-state index contributed by atoms with van der Waals surface area (Å²) in [5.41, 5.74) is 0. The molecule has 0 aliphatic carbocycles. The smallest absolute Gasteiger partial charge is 0.000956 e. The molecule has 0 aromatic carbocycles. The standard InChI is InChI=1S/C29H61N/c1-8-12-14-20-29(16-10-3)22-24-30(25-28(11-4)19-13-9-2)23-21-27(7)18-15-17-26(5)6/h26-29H,8-25H2,1-7H3. The van der Waals surface area contributed by atoms with E-state index in [9.17, 15) is 0 Å². The molecule has 1 heteroatoms. The molecule has 0 aromatic rings. The second-order valence-corrected chi connectivity index (χ2v) is 10.9. The van der Waals surface area contributed by atoms with Crippen molar-refractivity contribution in [1.82, 2.24) is 4.90 Å². The normalized spacial score (nSPS) is 15.1. The van der Waals surface area contributed by atoms with Gasteiger partial charge in [-0.2, -0.15) is 0 Å². The molecule has 3 unspecified atom stereocenters. The molecule has 0 bridgehead atoms. The average Bonchev–Trinajstić information content (AvgIpc) is 2.72. The number of nitrogens with zero attached hydrogens (tertiary/aromatic N) is 1. The summed E-state index contributed by atoms with van der Waals surface area (Å²) in [6.07, 6.45) is 21.1. The van der Waals surface area contributed by atoms with Gasteiger partial charge in [0.15, 0.2) is 0 Å². The van der Waals surface area contributed by atoms with Crippen molar-refractivity contribution < 1.29 is 0 Å². The maximum Gasteiger partial charge on any atom is 0.000956 e. The fraction of sp³-hybridized carbons (Fsp3) is 1.00. The minimum atomic E-state index is 0.862. The van der Waals surface area contributed by atoms with E-state index in [-0.39, 0.29) is 0 Å². The lowest BCUT2D eigenvalue weighted by Gasteiger charge is -2.30. The third-order valence-corrected chi connectivity index (χ3v) is 7.24. The summed E-state index contributed by atoms with van der Waals surface area (Å²) in [5, 5.41) is 0. The van der Waals surface area contributed by atoms with Crippen molar-refractivity contribution in [3.05, 3.63) is 0 Å². The molecule has 0 heterocycles. The van der Waals surface area contributed by atoms with Crippen LogP contribution in [0.4, 0.5) is 0 Å². The lowest BCUT2D eigenvalue weighted by atomic mass is 9.92. The summed E-state index contributed by atoms with van der Waals surface area (Å²) in [6.45, 7) is 20.7. The first kappa shape index (κ1) is 30.0. The van der Waals surface area contributed by atoms with Crippen LogP contribution < -0.4 is 0 Å². The summed E-state index contributed by atoms with van der Waals surface area (Å²) >= 11 is 0. The molecule has 0 saturated carbocycles. The molecule has 0 N–H and O–H groups in total. The van der Waals surface area contributed by atoms with Gasteiger partial charge in [-0.1, -0.05) is 126 Å². The number of unbranched alkanes of at least 4 members (excludes halogenated alkanes) is 3.